The summed E-state index contributed by atoms with van der Waals surface area (Å²) < 4.78 is 53.3. The van der Waals surface area contributed by atoms with Crippen molar-refractivity contribution >= 4 is 17.4 Å². The number of anilines is 2. The Kier molecular flexibility index (Phi) is 6.62. The van der Waals surface area contributed by atoms with Gasteiger partial charge in [0.1, 0.15) is 11.4 Å². The highest BCUT2D eigenvalue weighted by Gasteiger charge is 2.47. The number of aromatic nitrogens is 2. The number of aliphatic hydroxyl groups is 1. The summed E-state index contributed by atoms with van der Waals surface area (Å²) in [5, 5.41) is 19.4. The summed E-state index contributed by atoms with van der Waals surface area (Å²) in [5.41, 5.74) is 1.49. The molecule has 2 heterocycles. The Hall–Kier alpha value is -3.73. The van der Waals surface area contributed by atoms with Gasteiger partial charge in [0.25, 0.3) is 5.91 Å². The molecule has 0 saturated carbocycles. The van der Waals surface area contributed by atoms with Crippen LogP contribution in [-0.2, 0) is 0 Å². The van der Waals surface area contributed by atoms with Crippen LogP contribution in [-0.4, -0.2) is 41.2 Å². The molecule has 0 spiro atoms. The van der Waals surface area contributed by atoms with E-state index in [1.165, 1.54) is 14.2 Å². The number of benzene rings is 2. The first-order chi connectivity index (χ1) is 16.6. The first-order valence-corrected chi connectivity index (χ1v) is 10.8. The van der Waals surface area contributed by atoms with Gasteiger partial charge in [-0.25, -0.2) is 4.68 Å². The first kappa shape index (κ1) is 24.4. The molecule has 3 N–H and O–H groups in total. The normalized spacial score (nSPS) is 18.3. The van der Waals surface area contributed by atoms with Gasteiger partial charge in [0.2, 0.25) is 0 Å². The largest absolute Gasteiger partial charge is 0.493 e. The Morgan fingerprint density at radius 3 is 2.60 bits per heavy atom. The second kappa shape index (κ2) is 9.49. The van der Waals surface area contributed by atoms with Gasteiger partial charge in [0, 0.05) is 12.1 Å². The van der Waals surface area contributed by atoms with Gasteiger partial charge in [0.15, 0.2) is 17.5 Å². The molecule has 3 unspecified atom stereocenters. The van der Waals surface area contributed by atoms with E-state index in [9.17, 15) is 23.1 Å². The van der Waals surface area contributed by atoms with Crippen LogP contribution in [0.25, 0.3) is 0 Å². The molecule has 1 aliphatic rings. The molecule has 11 heteroatoms. The van der Waals surface area contributed by atoms with Crippen molar-refractivity contribution in [3.63, 3.8) is 0 Å². The molecule has 0 aliphatic carbocycles. The lowest BCUT2D eigenvalue weighted by molar-refractivity contribution is -0.173. The van der Waals surface area contributed by atoms with E-state index in [-0.39, 0.29) is 17.8 Å². The number of carbonyl (C=O) groups excluding carboxylic acids is 1. The second-order valence-electron chi connectivity index (χ2n) is 8.21. The minimum Gasteiger partial charge on any atom is -0.493 e. The van der Waals surface area contributed by atoms with Crippen LogP contribution in [0.15, 0.2) is 48.7 Å². The number of alkyl halides is 3. The van der Waals surface area contributed by atoms with Gasteiger partial charge in [-0.3, -0.25) is 4.79 Å². The summed E-state index contributed by atoms with van der Waals surface area (Å²) in [6.45, 7) is 1.59. The van der Waals surface area contributed by atoms with Crippen LogP contribution in [0.3, 0.4) is 0 Å². The number of nitrogens with zero attached hydrogens (tertiary/aromatic N) is 2. The molecule has 1 amide bonds. The van der Waals surface area contributed by atoms with Crippen molar-refractivity contribution < 1.29 is 32.5 Å². The van der Waals surface area contributed by atoms with E-state index >= 15 is 0 Å². The van der Waals surface area contributed by atoms with Crippen molar-refractivity contribution in [2.24, 2.45) is 0 Å². The minimum absolute atomic E-state index is 0.0353. The third-order valence-electron chi connectivity index (χ3n) is 5.92. The summed E-state index contributed by atoms with van der Waals surface area (Å²) >= 11 is 0. The third kappa shape index (κ3) is 4.90. The quantitative estimate of drug-likeness (QED) is 0.456. The van der Waals surface area contributed by atoms with Crippen LogP contribution < -0.4 is 20.1 Å². The molecule has 0 saturated heterocycles. The fourth-order valence-corrected chi connectivity index (χ4v) is 4.09. The number of hydrogen-bond donors (Lipinski definition) is 3. The lowest BCUT2D eigenvalue weighted by Crippen LogP contribution is -2.36. The molecule has 0 bridgehead atoms. The monoisotopic (exact) mass is 490 g/mol. The predicted octanol–water partition coefficient (Wildman–Crippen LogP) is 4.87. The number of carbonyl (C=O) groups is 1. The molecular weight excluding hydrogens is 465 g/mol. The highest BCUT2D eigenvalue weighted by atomic mass is 19.4. The maximum absolute atomic E-state index is 14.0. The molecule has 0 fully saturated rings. The van der Waals surface area contributed by atoms with Gasteiger partial charge in [-0.2, -0.15) is 18.3 Å². The molecule has 8 nitrogen and oxygen atoms in total. The highest BCUT2D eigenvalue weighted by Crippen LogP contribution is 2.45. The smallest absolute Gasteiger partial charge is 0.410 e. The van der Waals surface area contributed by atoms with Gasteiger partial charge < -0.3 is 25.2 Å². The summed E-state index contributed by atoms with van der Waals surface area (Å²) in [7, 11) is 2.91. The van der Waals surface area contributed by atoms with E-state index in [0.29, 0.717) is 28.3 Å². The van der Waals surface area contributed by atoms with Crippen molar-refractivity contribution in [2.75, 3.05) is 24.9 Å². The number of fused-ring (bicyclic) bond motifs is 1. The average molecular weight is 490 g/mol. The summed E-state index contributed by atoms with van der Waals surface area (Å²) in [6.07, 6.45) is -4.54. The molecule has 1 aromatic heterocycles. The SMILES string of the molecule is COc1ccc(C2CC(C(F)(F)F)n3ncc(C(=O)Nc4cccc(C(C)O)c4)c3N2)cc1OC. The minimum atomic E-state index is -4.59. The van der Waals surface area contributed by atoms with Crippen molar-refractivity contribution in [3.8, 4) is 11.5 Å². The van der Waals surface area contributed by atoms with Gasteiger partial charge in [-0.05, 0) is 42.3 Å². The zero-order valence-corrected chi connectivity index (χ0v) is 19.3. The van der Waals surface area contributed by atoms with Gasteiger partial charge in [-0.15, -0.1) is 0 Å². The number of aliphatic hydroxyl groups excluding tert-OH is 1. The van der Waals surface area contributed by atoms with Crippen LogP contribution in [0.5, 0.6) is 11.5 Å². The van der Waals surface area contributed by atoms with Crippen molar-refractivity contribution in [2.45, 2.75) is 37.7 Å². The van der Waals surface area contributed by atoms with E-state index < -0.39 is 30.3 Å². The number of ether oxygens (including phenoxy) is 2. The number of halogens is 3. The molecule has 2 aromatic carbocycles. The molecule has 186 valence electrons. The maximum Gasteiger partial charge on any atom is 0.410 e. The third-order valence-corrected chi connectivity index (χ3v) is 5.92. The van der Waals surface area contributed by atoms with E-state index in [0.717, 1.165) is 10.9 Å². The predicted molar refractivity (Wildman–Crippen MR) is 123 cm³/mol. The second-order valence-corrected chi connectivity index (χ2v) is 8.21. The highest BCUT2D eigenvalue weighted by molar-refractivity contribution is 6.07. The average Bonchev–Trinajstić information content (AvgIpc) is 3.26. The number of nitrogens with one attached hydrogen (secondary N) is 2. The lowest BCUT2D eigenvalue weighted by atomic mass is 9.96. The Labute approximate surface area is 199 Å². The number of hydrogen-bond acceptors (Lipinski definition) is 6. The first-order valence-electron chi connectivity index (χ1n) is 10.8. The molecule has 35 heavy (non-hydrogen) atoms. The van der Waals surface area contributed by atoms with Gasteiger partial charge in [-0.1, -0.05) is 18.2 Å². The Morgan fingerprint density at radius 2 is 1.94 bits per heavy atom. The zero-order chi connectivity index (χ0) is 25.3. The Balaban J connectivity index is 1.68. The fraction of sp³-hybridized carbons (Fsp3) is 0.333. The van der Waals surface area contributed by atoms with E-state index in [4.69, 9.17) is 9.47 Å². The van der Waals surface area contributed by atoms with Crippen molar-refractivity contribution in [1.29, 1.82) is 0 Å². The standard InChI is InChI=1S/C24H25F3N4O4/c1-13(32)14-5-4-6-16(9-14)29-23(33)17-12-28-31-21(24(25,26)27)11-18(30-22(17)31)15-7-8-19(34-2)20(10-15)35-3/h4-10,12-13,18,21,30,32H,11H2,1-3H3,(H,29,33). The number of amides is 1. The Bertz CT molecular complexity index is 1230. The lowest BCUT2D eigenvalue weighted by Gasteiger charge is -2.34. The summed E-state index contributed by atoms with van der Waals surface area (Å²) in [6, 6.07) is 8.76. The van der Waals surface area contributed by atoms with Crippen LogP contribution in [0.4, 0.5) is 24.7 Å². The zero-order valence-electron chi connectivity index (χ0n) is 19.3. The summed E-state index contributed by atoms with van der Waals surface area (Å²) in [5.74, 6) is 0.160. The molecule has 3 aromatic rings. The Morgan fingerprint density at radius 1 is 1.20 bits per heavy atom. The van der Waals surface area contributed by atoms with Crippen molar-refractivity contribution in [3.05, 3.63) is 65.4 Å². The topological polar surface area (TPSA) is 97.6 Å². The molecule has 3 atom stereocenters. The fourth-order valence-electron chi connectivity index (χ4n) is 4.09. The molecule has 1 aliphatic heterocycles. The van der Waals surface area contributed by atoms with E-state index in [1.807, 2.05) is 0 Å². The maximum atomic E-state index is 14.0. The van der Waals surface area contributed by atoms with Crippen LogP contribution in [0.2, 0.25) is 0 Å². The van der Waals surface area contributed by atoms with Gasteiger partial charge >= 0.3 is 6.18 Å². The summed E-state index contributed by atoms with van der Waals surface area (Å²) in [4.78, 5) is 13.0. The van der Waals surface area contributed by atoms with E-state index in [2.05, 4.69) is 15.7 Å². The van der Waals surface area contributed by atoms with Crippen LogP contribution in [0, 0.1) is 0 Å². The van der Waals surface area contributed by atoms with Crippen LogP contribution >= 0.6 is 0 Å². The van der Waals surface area contributed by atoms with Crippen LogP contribution in [0.1, 0.15) is 53.0 Å². The molecule has 4 rings (SSSR count). The van der Waals surface area contributed by atoms with E-state index in [1.54, 1.807) is 49.4 Å². The van der Waals surface area contributed by atoms with Crippen molar-refractivity contribution in [1.82, 2.24) is 9.78 Å². The number of rotatable bonds is 6. The van der Waals surface area contributed by atoms with Gasteiger partial charge in [0.05, 0.1) is 32.6 Å². The molecule has 0 radical (unpaired) electrons. The molecular formula is C24H25F3N4O4. The number of methoxy groups -OCH3 is 2.